The summed E-state index contributed by atoms with van der Waals surface area (Å²) < 4.78 is 11.6. The number of ether oxygens (including phenoxy) is 2. The molecule has 9 nitrogen and oxygen atoms in total. The van der Waals surface area contributed by atoms with Crippen molar-refractivity contribution in [2.75, 3.05) is 6.61 Å². The lowest BCUT2D eigenvalue weighted by Crippen LogP contribution is -2.51. The second kappa shape index (κ2) is 7.81. The van der Waals surface area contributed by atoms with Crippen molar-refractivity contribution >= 4 is 12.1 Å². The second-order valence-electron chi connectivity index (χ2n) is 7.65. The first-order valence-corrected chi connectivity index (χ1v) is 9.94. The molecular formula is C21H23N3O6. The SMILES string of the molecule is CCOC(=O)c1nc2n(c(=O)c1O)CC1CCC2(NC(=O)OCc2ccccc2)C1. The third kappa shape index (κ3) is 3.51. The van der Waals surface area contributed by atoms with Gasteiger partial charge in [-0.15, -0.1) is 0 Å². The normalized spacial score (nSPS) is 21.6. The van der Waals surface area contributed by atoms with Crippen molar-refractivity contribution in [3.63, 3.8) is 0 Å². The molecule has 30 heavy (non-hydrogen) atoms. The number of rotatable bonds is 5. The van der Waals surface area contributed by atoms with E-state index in [1.165, 1.54) is 4.57 Å². The average molecular weight is 413 g/mol. The van der Waals surface area contributed by atoms with Crippen molar-refractivity contribution < 1.29 is 24.2 Å². The summed E-state index contributed by atoms with van der Waals surface area (Å²) in [6.45, 7) is 2.18. The Morgan fingerprint density at radius 1 is 1.30 bits per heavy atom. The van der Waals surface area contributed by atoms with Crippen LogP contribution in [0.3, 0.4) is 0 Å². The van der Waals surface area contributed by atoms with Crippen LogP contribution < -0.4 is 10.9 Å². The van der Waals surface area contributed by atoms with Gasteiger partial charge in [-0.05, 0) is 37.7 Å². The highest BCUT2D eigenvalue weighted by molar-refractivity contribution is 5.90. The number of alkyl carbamates (subject to hydrolysis) is 1. The van der Waals surface area contributed by atoms with Crippen molar-refractivity contribution in [2.45, 2.75) is 44.9 Å². The van der Waals surface area contributed by atoms with Crippen molar-refractivity contribution in [3.05, 3.63) is 57.8 Å². The number of carbonyl (C=O) groups excluding carboxylic acids is 2. The van der Waals surface area contributed by atoms with E-state index < -0.39 is 34.6 Å². The van der Waals surface area contributed by atoms with Crippen LogP contribution in [0.5, 0.6) is 5.75 Å². The van der Waals surface area contributed by atoms with Crippen molar-refractivity contribution in [3.8, 4) is 5.75 Å². The summed E-state index contributed by atoms with van der Waals surface area (Å²) >= 11 is 0. The Kier molecular flexibility index (Phi) is 5.19. The van der Waals surface area contributed by atoms with Gasteiger partial charge in [0.15, 0.2) is 5.69 Å². The van der Waals surface area contributed by atoms with Gasteiger partial charge in [0.1, 0.15) is 18.0 Å². The van der Waals surface area contributed by atoms with E-state index in [0.717, 1.165) is 12.0 Å². The lowest BCUT2D eigenvalue weighted by molar-refractivity contribution is 0.0513. The van der Waals surface area contributed by atoms with Gasteiger partial charge in [-0.25, -0.2) is 14.6 Å². The van der Waals surface area contributed by atoms with E-state index in [2.05, 4.69) is 10.3 Å². The molecule has 2 aromatic rings. The van der Waals surface area contributed by atoms with Crippen molar-refractivity contribution in [1.82, 2.24) is 14.9 Å². The zero-order chi connectivity index (χ0) is 21.3. The molecule has 2 N–H and O–H groups in total. The number of aromatic hydroxyl groups is 1. The molecule has 158 valence electrons. The predicted octanol–water partition coefficient (Wildman–Crippen LogP) is 2.06. The molecule has 2 heterocycles. The van der Waals surface area contributed by atoms with Gasteiger partial charge in [-0.3, -0.25) is 9.36 Å². The Labute approximate surface area is 172 Å². The number of hydrogen-bond donors (Lipinski definition) is 2. The van der Waals surface area contributed by atoms with Crippen molar-refractivity contribution in [2.24, 2.45) is 5.92 Å². The number of fused-ring (bicyclic) bond motifs is 4. The smallest absolute Gasteiger partial charge is 0.408 e. The van der Waals surface area contributed by atoms with Gasteiger partial charge < -0.3 is 19.9 Å². The summed E-state index contributed by atoms with van der Waals surface area (Å²) in [6, 6.07) is 9.28. The number of nitrogens with one attached hydrogen (secondary N) is 1. The van der Waals surface area contributed by atoms with Crippen molar-refractivity contribution in [1.29, 1.82) is 0 Å². The van der Waals surface area contributed by atoms with Crippen LogP contribution in [0.1, 0.15) is 48.1 Å². The molecule has 2 bridgehead atoms. The molecule has 1 saturated carbocycles. The molecule has 1 aromatic carbocycles. The molecule has 2 atom stereocenters. The fraction of sp³-hybridized carbons (Fsp3) is 0.429. The number of benzene rings is 1. The largest absolute Gasteiger partial charge is 0.501 e. The number of carbonyl (C=O) groups is 2. The highest BCUT2D eigenvalue weighted by atomic mass is 16.5. The molecule has 4 rings (SSSR count). The van der Waals surface area contributed by atoms with Crippen LogP contribution >= 0.6 is 0 Å². The van der Waals surface area contributed by atoms with Crippen LogP contribution in [0.2, 0.25) is 0 Å². The lowest BCUT2D eigenvalue weighted by Gasteiger charge is -2.35. The van der Waals surface area contributed by atoms with E-state index in [1.807, 2.05) is 30.3 Å². The molecule has 1 aliphatic heterocycles. The topological polar surface area (TPSA) is 120 Å². The summed E-state index contributed by atoms with van der Waals surface area (Å²) in [5.74, 6) is -1.21. The van der Waals surface area contributed by atoms with Gasteiger partial charge in [-0.1, -0.05) is 30.3 Å². The van der Waals surface area contributed by atoms with E-state index in [0.29, 0.717) is 19.4 Å². The zero-order valence-electron chi connectivity index (χ0n) is 16.6. The van der Waals surface area contributed by atoms with Crippen LogP contribution in [-0.2, 0) is 28.2 Å². The molecule has 9 heteroatoms. The quantitative estimate of drug-likeness (QED) is 0.720. The lowest BCUT2D eigenvalue weighted by atomic mass is 9.91. The summed E-state index contributed by atoms with van der Waals surface area (Å²) in [6.07, 6.45) is 1.27. The molecule has 0 spiro atoms. The Bertz CT molecular complexity index is 1040. The Morgan fingerprint density at radius 2 is 2.07 bits per heavy atom. The monoisotopic (exact) mass is 413 g/mol. The number of amides is 1. The highest BCUT2D eigenvalue weighted by Gasteiger charge is 2.50. The Balaban J connectivity index is 1.64. The molecule has 0 radical (unpaired) electrons. The molecule has 2 unspecified atom stereocenters. The summed E-state index contributed by atoms with van der Waals surface area (Å²) in [4.78, 5) is 41.8. The van der Waals surface area contributed by atoms with Gasteiger partial charge in [0.05, 0.1) is 6.61 Å². The number of hydrogen-bond acceptors (Lipinski definition) is 7. The minimum Gasteiger partial charge on any atom is -0.501 e. The number of esters is 1. The highest BCUT2D eigenvalue weighted by Crippen LogP contribution is 2.45. The maximum Gasteiger partial charge on any atom is 0.408 e. The van der Waals surface area contributed by atoms with Crippen LogP contribution in [0.25, 0.3) is 0 Å². The first-order chi connectivity index (χ1) is 14.4. The molecule has 1 amide bonds. The van der Waals surface area contributed by atoms with E-state index in [1.54, 1.807) is 6.92 Å². The van der Waals surface area contributed by atoms with E-state index >= 15 is 0 Å². The first-order valence-electron chi connectivity index (χ1n) is 9.94. The third-order valence-corrected chi connectivity index (χ3v) is 5.65. The van der Waals surface area contributed by atoms with Gasteiger partial charge in [0.25, 0.3) is 5.56 Å². The van der Waals surface area contributed by atoms with Gasteiger partial charge in [0.2, 0.25) is 5.75 Å². The maximum absolute atomic E-state index is 12.7. The summed E-state index contributed by atoms with van der Waals surface area (Å²) in [7, 11) is 0. The van der Waals surface area contributed by atoms with E-state index in [9.17, 15) is 19.5 Å². The summed E-state index contributed by atoms with van der Waals surface area (Å²) in [5.41, 5.74) is -1.23. The Hall–Kier alpha value is -3.36. The maximum atomic E-state index is 12.7. The fourth-order valence-electron chi connectivity index (χ4n) is 4.31. The minimum atomic E-state index is -0.940. The molecule has 1 aromatic heterocycles. The number of aromatic nitrogens is 2. The predicted molar refractivity (Wildman–Crippen MR) is 105 cm³/mol. The van der Waals surface area contributed by atoms with E-state index in [4.69, 9.17) is 9.47 Å². The molecular weight excluding hydrogens is 390 g/mol. The van der Waals surface area contributed by atoms with E-state index in [-0.39, 0.29) is 25.0 Å². The van der Waals surface area contributed by atoms with Gasteiger partial charge in [-0.2, -0.15) is 0 Å². The first kappa shape index (κ1) is 19.9. The molecule has 1 fully saturated rings. The minimum absolute atomic E-state index is 0.0790. The van der Waals surface area contributed by atoms with Crippen LogP contribution in [0, 0.1) is 5.92 Å². The van der Waals surface area contributed by atoms with Gasteiger partial charge in [0, 0.05) is 6.54 Å². The van der Waals surface area contributed by atoms with Gasteiger partial charge >= 0.3 is 12.1 Å². The standard InChI is InChI=1S/C21H23N3O6/c1-2-29-18(27)15-16(25)17(26)24-11-14-8-9-21(10-14,19(24)22-15)23-20(28)30-12-13-6-4-3-5-7-13/h3-7,14,25H,2,8-12H2,1H3,(H,23,28). The molecule has 2 aliphatic rings. The number of nitrogens with zero attached hydrogens (tertiary/aromatic N) is 2. The van der Waals surface area contributed by atoms with Crippen LogP contribution in [0.4, 0.5) is 4.79 Å². The average Bonchev–Trinajstić information content (AvgIpc) is 3.08. The Morgan fingerprint density at radius 3 is 2.80 bits per heavy atom. The fourth-order valence-corrected chi connectivity index (χ4v) is 4.31. The molecule has 0 saturated heterocycles. The van der Waals surface area contributed by atoms with Crippen LogP contribution in [0.15, 0.2) is 35.1 Å². The summed E-state index contributed by atoms with van der Waals surface area (Å²) in [5, 5.41) is 13.1. The zero-order valence-corrected chi connectivity index (χ0v) is 16.6. The molecule has 1 aliphatic carbocycles. The third-order valence-electron chi connectivity index (χ3n) is 5.65. The van der Waals surface area contributed by atoms with Crippen LogP contribution in [-0.4, -0.2) is 33.3 Å². The second-order valence-corrected chi connectivity index (χ2v) is 7.65.